The number of aryl methyl sites for hydroxylation is 1. The first-order valence-electron chi connectivity index (χ1n) is 9.57. The Balaban J connectivity index is 1.79. The molecule has 1 atom stereocenters. The fraction of sp³-hybridized carbons (Fsp3) is 0.273. The predicted molar refractivity (Wildman–Crippen MR) is 113 cm³/mol. The first kappa shape index (κ1) is 20.2. The number of rotatable bonds is 6. The van der Waals surface area contributed by atoms with E-state index in [1.54, 1.807) is 23.9 Å². The van der Waals surface area contributed by atoms with Gasteiger partial charge in [0.15, 0.2) is 17.3 Å². The maximum absolute atomic E-state index is 12.6. The average molecular weight is 419 g/mol. The van der Waals surface area contributed by atoms with Crippen LogP contribution in [-0.2, 0) is 4.79 Å². The number of anilines is 1. The van der Waals surface area contributed by atoms with Gasteiger partial charge in [-0.1, -0.05) is 12.0 Å². The third kappa shape index (κ3) is 3.75. The van der Waals surface area contributed by atoms with Crippen molar-refractivity contribution < 1.29 is 19.0 Å². The van der Waals surface area contributed by atoms with Crippen LogP contribution in [-0.4, -0.2) is 46.7 Å². The molecule has 31 heavy (non-hydrogen) atoms. The van der Waals surface area contributed by atoms with Gasteiger partial charge in [-0.2, -0.15) is 9.78 Å². The van der Waals surface area contributed by atoms with Crippen LogP contribution in [0.4, 0.5) is 5.82 Å². The Morgan fingerprint density at radius 1 is 1.19 bits per heavy atom. The van der Waals surface area contributed by atoms with E-state index in [2.05, 4.69) is 26.5 Å². The van der Waals surface area contributed by atoms with Gasteiger partial charge in [-0.15, -0.1) is 16.6 Å². The lowest BCUT2D eigenvalue weighted by Crippen LogP contribution is -2.25. The van der Waals surface area contributed by atoms with E-state index in [0.29, 0.717) is 29.0 Å². The number of nitrogens with one attached hydrogen (secondary N) is 1. The second kappa shape index (κ2) is 8.36. The number of aromatic nitrogens is 4. The summed E-state index contributed by atoms with van der Waals surface area (Å²) in [5.74, 6) is 4.63. The van der Waals surface area contributed by atoms with Crippen molar-refractivity contribution in [3.05, 3.63) is 47.2 Å². The van der Waals surface area contributed by atoms with Gasteiger partial charge in [0.25, 0.3) is 0 Å². The number of amides is 1. The highest BCUT2D eigenvalue weighted by atomic mass is 16.5. The van der Waals surface area contributed by atoms with Crippen LogP contribution in [0.5, 0.6) is 17.4 Å². The largest absolute Gasteiger partial charge is 0.493 e. The minimum absolute atomic E-state index is 0.114. The minimum atomic E-state index is -0.220. The highest BCUT2D eigenvalue weighted by molar-refractivity contribution is 5.95. The monoisotopic (exact) mass is 419 g/mol. The first-order chi connectivity index (χ1) is 15.0. The molecule has 3 aromatic rings. The van der Waals surface area contributed by atoms with E-state index in [1.165, 1.54) is 7.11 Å². The van der Waals surface area contributed by atoms with Gasteiger partial charge >= 0.3 is 0 Å². The standard InChI is InChI=1S/C22H21N5O4/c1-5-10-31-17-11-14(6-7-16(17)29-3)15-12-19(28)23-22-21(15)13(2)26-27(22)18-8-9-20(30-4)25-24-18/h1,6-9,11,15H,10,12H2,2-4H3,(H,23,28)/t15-/m0/s1. The minimum Gasteiger partial charge on any atom is -0.493 e. The summed E-state index contributed by atoms with van der Waals surface area (Å²) in [6.45, 7) is 2.01. The molecule has 3 heterocycles. The molecule has 9 nitrogen and oxygen atoms in total. The summed E-state index contributed by atoms with van der Waals surface area (Å²) < 4.78 is 17.7. The molecule has 0 saturated heterocycles. The van der Waals surface area contributed by atoms with E-state index < -0.39 is 0 Å². The van der Waals surface area contributed by atoms with Crippen molar-refractivity contribution >= 4 is 11.7 Å². The lowest BCUT2D eigenvalue weighted by Gasteiger charge is -2.25. The van der Waals surface area contributed by atoms with Gasteiger partial charge in [0.2, 0.25) is 11.8 Å². The van der Waals surface area contributed by atoms with Crippen LogP contribution in [0.2, 0.25) is 0 Å². The number of hydrogen-bond acceptors (Lipinski definition) is 7. The number of hydrogen-bond donors (Lipinski definition) is 1. The number of benzene rings is 1. The molecule has 0 saturated carbocycles. The maximum Gasteiger partial charge on any atom is 0.233 e. The molecular weight excluding hydrogens is 398 g/mol. The van der Waals surface area contributed by atoms with Gasteiger partial charge in [-0.25, -0.2) is 0 Å². The highest BCUT2D eigenvalue weighted by Gasteiger charge is 2.33. The summed E-state index contributed by atoms with van der Waals surface area (Å²) >= 11 is 0. The van der Waals surface area contributed by atoms with Gasteiger partial charge in [-0.05, 0) is 30.7 Å². The zero-order valence-corrected chi connectivity index (χ0v) is 17.4. The van der Waals surface area contributed by atoms with Gasteiger partial charge in [-0.3, -0.25) is 4.79 Å². The molecule has 158 valence electrons. The summed E-state index contributed by atoms with van der Waals surface area (Å²) in [4.78, 5) is 12.6. The number of fused-ring (bicyclic) bond motifs is 1. The average Bonchev–Trinajstić information content (AvgIpc) is 3.13. The van der Waals surface area contributed by atoms with Crippen molar-refractivity contribution in [1.82, 2.24) is 20.0 Å². The predicted octanol–water partition coefficient (Wildman–Crippen LogP) is 2.47. The van der Waals surface area contributed by atoms with Gasteiger partial charge in [0, 0.05) is 24.0 Å². The topological polar surface area (TPSA) is 100 Å². The lowest BCUT2D eigenvalue weighted by atomic mass is 9.85. The maximum atomic E-state index is 12.6. The summed E-state index contributed by atoms with van der Waals surface area (Å²) in [6, 6.07) is 8.99. The van der Waals surface area contributed by atoms with Crippen molar-refractivity contribution in [3.63, 3.8) is 0 Å². The Bertz CT molecular complexity index is 1160. The molecule has 1 aliphatic rings. The summed E-state index contributed by atoms with van der Waals surface area (Å²) in [5.41, 5.74) is 2.58. The highest BCUT2D eigenvalue weighted by Crippen LogP contribution is 2.42. The van der Waals surface area contributed by atoms with E-state index >= 15 is 0 Å². The molecule has 4 rings (SSSR count). The molecule has 9 heteroatoms. The molecule has 0 radical (unpaired) electrons. The summed E-state index contributed by atoms with van der Waals surface area (Å²) in [5, 5.41) is 15.7. The van der Waals surface area contributed by atoms with Crippen LogP contribution in [0.1, 0.15) is 29.2 Å². The molecule has 0 aliphatic carbocycles. The number of carbonyl (C=O) groups is 1. The zero-order chi connectivity index (χ0) is 22.0. The van der Waals surface area contributed by atoms with Crippen LogP contribution < -0.4 is 19.5 Å². The fourth-order valence-corrected chi connectivity index (χ4v) is 3.67. The van der Waals surface area contributed by atoms with Gasteiger partial charge in [0.05, 0.1) is 19.9 Å². The normalized spacial score (nSPS) is 14.9. The molecule has 0 bridgehead atoms. The van der Waals surface area contributed by atoms with E-state index in [1.807, 2.05) is 25.1 Å². The quantitative estimate of drug-likeness (QED) is 0.613. The molecule has 1 aromatic carbocycles. The van der Waals surface area contributed by atoms with Gasteiger partial charge in [0.1, 0.15) is 12.4 Å². The number of terminal acetylenes is 1. The molecule has 0 spiro atoms. The summed E-state index contributed by atoms with van der Waals surface area (Å²) in [7, 11) is 3.08. The lowest BCUT2D eigenvalue weighted by molar-refractivity contribution is -0.116. The smallest absolute Gasteiger partial charge is 0.233 e. The van der Waals surface area contributed by atoms with Crippen molar-refractivity contribution in [2.45, 2.75) is 19.3 Å². The molecule has 0 fully saturated rings. The van der Waals surface area contributed by atoms with Crippen molar-refractivity contribution in [2.75, 3.05) is 26.1 Å². The second-order valence-electron chi connectivity index (χ2n) is 6.90. The van der Waals surface area contributed by atoms with Crippen molar-refractivity contribution in [2.24, 2.45) is 0 Å². The van der Waals surface area contributed by atoms with Gasteiger partial charge < -0.3 is 19.5 Å². The third-order valence-corrected chi connectivity index (χ3v) is 5.06. The molecule has 2 aromatic heterocycles. The van der Waals surface area contributed by atoms with Crippen LogP contribution in [0.25, 0.3) is 5.82 Å². The molecule has 1 N–H and O–H groups in total. The second-order valence-corrected chi connectivity index (χ2v) is 6.90. The SMILES string of the molecule is C#CCOc1cc([C@@H]2CC(=O)Nc3c2c(C)nn3-c2ccc(OC)nn2)ccc1OC. The number of methoxy groups -OCH3 is 2. The molecule has 1 aliphatic heterocycles. The Morgan fingerprint density at radius 2 is 2.03 bits per heavy atom. The Labute approximate surface area is 179 Å². The van der Waals surface area contributed by atoms with Crippen LogP contribution in [0, 0.1) is 19.3 Å². The Kier molecular flexibility index (Phi) is 5.45. The van der Waals surface area contributed by atoms with Crippen molar-refractivity contribution in [3.8, 4) is 35.5 Å². The summed E-state index contributed by atoms with van der Waals surface area (Å²) in [6.07, 6.45) is 5.60. The Morgan fingerprint density at radius 3 is 2.71 bits per heavy atom. The van der Waals surface area contributed by atoms with E-state index in [-0.39, 0.29) is 24.9 Å². The van der Waals surface area contributed by atoms with Crippen LogP contribution in [0.3, 0.4) is 0 Å². The van der Waals surface area contributed by atoms with E-state index in [9.17, 15) is 4.79 Å². The molecular formula is C22H21N5O4. The van der Waals surface area contributed by atoms with E-state index in [0.717, 1.165) is 16.8 Å². The third-order valence-electron chi connectivity index (χ3n) is 5.06. The van der Waals surface area contributed by atoms with Crippen LogP contribution in [0.15, 0.2) is 30.3 Å². The van der Waals surface area contributed by atoms with E-state index in [4.69, 9.17) is 20.6 Å². The zero-order valence-electron chi connectivity index (χ0n) is 17.4. The molecule has 1 amide bonds. The molecule has 0 unspecified atom stereocenters. The fourth-order valence-electron chi connectivity index (χ4n) is 3.67. The number of nitrogens with zero attached hydrogens (tertiary/aromatic N) is 4. The van der Waals surface area contributed by atoms with Crippen LogP contribution >= 0.6 is 0 Å². The number of ether oxygens (including phenoxy) is 3. The Hall–Kier alpha value is -4.06. The number of carbonyl (C=O) groups excluding carboxylic acids is 1. The van der Waals surface area contributed by atoms with Crippen molar-refractivity contribution in [1.29, 1.82) is 0 Å². The first-order valence-corrected chi connectivity index (χ1v) is 9.57.